The number of nitrogens with two attached hydrogens (primary N) is 1. The molecular weight excluding hydrogens is 273 g/mol. The molecule has 18 heavy (non-hydrogen) atoms. The molecule has 3 N–H and O–H groups in total. The van der Waals surface area contributed by atoms with Crippen LogP contribution in [0.4, 0.5) is 0 Å². The van der Waals surface area contributed by atoms with Gasteiger partial charge in [0.15, 0.2) is 0 Å². The summed E-state index contributed by atoms with van der Waals surface area (Å²) in [5.41, 5.74) is 5.44. The smallest absolute Gasteiger partial charge is 0.233 e. The zero-order valence-corrected chi connectivity index (χ0v) is 13.2. The molecule has 0 heterocycles. The minimum atomic E-state index is -0.0561. The minimum absolute atomic E-state index is 0. The van der Waals surface area contributed by atoms with Crippen molar-refractivity contribution in [2.24, 2.45) is 11.7 Å². The number of halogens is 2. The molecule has 0 aliphatic heterocycles. The number of carbonyl (C=O) groups is 1. The van der Waals surface area contributed by atoms with E-state index in [-0.39, 0.29) is 42.8 Å². The van der Waals surface area contributed by atoms with Gasteiger partial charge in [0, 0.05) is 12.1 Å². The zero-order valence-electron chi connectivity index (χ0n) is 11.6. The van der Waals surface area contributed by atoms with E-state index in [1.807, 2.05) is 0 Å². The molecule has 6 heteroatoms. The zero-order chi connectivity index (χ0) is 12.2. The van der Waals surface area contributed by atoms with Gasteiger partial charge in [-0.2, -0.15) is 0 Å². The van der Waals surface area contributed by atoms with Crippen LogP contribution in [-0.4, -0.2) is 43.5 Å². The lowest BCUT2D eigenvalue weighted by molar-refractivity contribution is -0.120. The molecule has 0 bridgehead atoms. The third kappa shape index (κ3) is 5.31. The van der Waals surface area contributed by atoms with Crippen molar-refractivity contribution in [2.45, 2.75) is 38.1 Å². The summed E-state index contributed by atoms with van der Waals surface area (Å²) in [6.45, 7) is 3.10. The summed E-state index contributed by atoms with van der Waals surface area (Å²) in [6.07, 6.45) is 4.87. The van der Waals surface area contributed by atoms with Crippen LogP contribution in [0.3, 0.4) is 0 Å². The van der Waals surface area contributed by atoms with E-state index in [2.05, 4.69) is 31.2 Å². The summed E-state index contributed by atoms with van der Waals surface area (Å²) in [6, 6.07) is 0. The van der Waals surface area contributed by atoms with Gasteiger partial charge < -0.3 is 16.0 Å². The summed E-state index contributed by atoms with van der Waals surface area (Å²) in [4.78, 5) is 13.5. The fourth-order valence-electron chi connectivity index (χ4n) is 2.69. The van der Waals surface area contributed by atoms with Gasteiger partial charge in [0.1, 0.15) is 0 Å². The number of likely N-dealkylation sites (N-methyl/N-ethyl adjacent to an activating group) is 1. The second-order valence-corrected chi connectivity index (χ2v) is 5.30. The van der Waals surface area contributed by atoms with Gasteiger partial charge in [0.2, 0.25) is 5.91 Å². The summed E-state index contributed by atoms with van der Waals surface area (Å²) in [5.74, 6) is 0.686. The highest BCUT2D eigenvalue weighted by Crippen LogP contribution is 2.35. The average Bonchev–Trinajstić information content (AvgIpc) is 2.25. The Balaban J connectivity index is 0. The Bertz CT molecular complexity index is 251. The number of hydrogen-bond acceptors (Lipinski definition) is 3. The van der Waals surface area contributed by atoms with Crippen molar-refractivity contribution in [3.8, 4) is 0 Å². The Morgan fingerprint density at radius 3 is 2.50 bits per heavy atom. The van der Waals surface area contributed by atoms with Gasteiger partial charge in [-0.3, -0.25) is 4.79 Å². The van der Waals surface area contributed by atoms with Crippen LogP contribution < -0.4 is 11.1 Å². The van der Waals surface area contributed by atoms with E-state index in [0.29, 0.717) is 0 Å². The van der Waals surface area contributed by atoms with E-state index in [0.717, 1.165) is 25.3 Å². The Kier molecular flexibility index (Phi) is 10.1. The van der Waals surface area contributed by atoms with E-state index in [9.17, 15) is 4.79 Å². The molecule has 110 valence electrons. The first kappa shape index (κ1) is 20.3. The molecule has 0 aromatic heterocycles. The largest absolute Gasteiger partial charge is 0.353 e. The maximum Gasteiger partial charge on any atom is 0.233 e. The lowest BCUT2D eigenvalue weighted by Crippen LogP contribution is -2.55. The van der Waals surface area contributed by atoms with E-state index < -0.39 is 0 Å². The van der Waals surface area contributed by atoms with Crippen molar-refractivity contribution in [2.75, 3.05) is 27.2 Å². The molecule has 1 aliphatic carbocycles. The van der Waals surface area contributed by atoms with Crippen LogP contribution in [0.15, 0.2) is 0 Å². The highest BCUT2D eigenvalue weighted by molar-refractivity contribution is 5.85. The van der Waals surface area contributed by atoms with E-state index in [1.165, 1.54) is 12.8 Å². The molecule has 0 aromatic carbocycles. The first-order valence-electron chi connectivity index (χ1n) is 6.14. The fourth-order valence-corrected chi connectivity index (χ4v) is 2.69. The van der Waals surface area contributed by atoms with E-state index in [4.69, 9.17) is 5.73 Å². The number of nitrogens with one attached hydrogen (secondary N) is 1. The average molecular weight is 300 g/mol. The standard InChI is InChI=1S/C12H25N3O.2ClH/c1-10-5-4-6-12(7-10,15(2)3)9-14-11(16)8-13;;/h10H,4-9,13H2,1-3H3,(H,14,16);2*1H. The molecule has 0 aromatic rings. The van der Waals surface area contributed by atoms with Gasteiger partial charge in [-0.25, -0.2) is 0 Å². The number of amides is 1. The maximum atomic E-state index is 11.2. The molecule has 0 spiro atoms. The Hall–Kier alpha value is -0.0300. The molecule has 1 saturated carbocycles. The second-order valence-electron chi connectivity index (χ2n) is 5.30. The first-order chi connectivity index (χ1) is 7.50. The van der Waals surface area contributed by atoms with Crippen molar-refractivity contribution < 1.29 is 4.79 Å². The summed E-state index contributed by atoms with van der Waals surface area (Å²) in [5, 5.41) is 2.94. The molecule has 4 nitrogen and oxygen atoms in total. The molecule has 1 fully saturated rings. The predicted molar refractivity (Wildman–Crippen MR) is 80.6 cm³/mol. The highest BCUT2D eigenvalue weighted by atomic mass is 35.5. The third-order valence-corrected chi connectivity index (χ3v) is 3.82. The highest BCUT2D eigenvalue weighted by Gasteiger charge is 2.36. The van der Waals surface area contributed by atoms with Crippen LogP contribution in [0.1, 0.15) is 32.6 Å². The fraction of sp³-hybridized carbons (Fsp3) is 0.917. The molecule has 1 aliphatic rings. The Morgan fingerprint density at radius 1 is 1.44 bits per heavy atom. The molecule has 1 amide bonds. The monoisotopic (exact) mass is 299 g/mol. The van der Waals surface area contributed by atoms with E-state index in [1.54, 1.807) is 0 Å². The molecular formula is C12H27Cl2N3O. The number of rotatable bonds is 4. The number of nitrogens with zero attached hydrogens (tertiary/aromatic N) is 1. The van der Waals surface area contributed by atoms with Crippen LogP contribution >= 0.6 is 24.8 Å². The van der Waals surface area contributed by atoms with Gasteiger partial charge in [-0.1, -0.05) is 19.8 Å². The molecule has 2 unspecified atom stereocenters. The van der Waals surface area contributed by atoms with Crippen LogP contribution in [0.25, 0.3) is 0 Å². The van der Waals surface area contributed by atoms with Crippen LogP contribution in [0.5, 0.6) is 0 Å². The van der Waals surface area contributed by atoms with Crippen molar-refractivity contribution in [1.82, 2.24) is 10.2 Å². The van der Waals surface area contributed by atoms with Crippen LogP contribution in [-0.2, 0) is 4.79 Å². The number of carbonyl (C=O) groups excluding carboxylic acids is 1. The molecule has 2 atom stereocenters. The van der Waals surface area contributed by atoms with Gasteiger partial charge in [0.05, 0.1) is 6.54 Å². The molecule has 0 saturated heterocycles. The van der Waals surface area contributed by atoms with Gasteiger partial charge in [0.25, 0.3) is 0 Å². The maximum absolute atomic E-state index is 11.2. The van der Waals surface area contributed by atoms with Crippen LogP contribution in [0, 0.1) is 5.92 Å². The van der Waals surface area contributed by atoms with Gasteiger partial charge in [-0.05, 0) is 32.9 Å². The SMILES string of the molecule is CC1CCCC(CNC(=O)CN)(N(C)C)C1.Cl.Cl. The summed E-state index contributed by atoms with van der Waals surface area (Å²) >= 11 is 0. The normalized spacial score (nSPS) is 27.1. The quantitative estimate of drug-likeness (QED) is 0.825. The van der Waals surface area contributed by atoms with Crippen molar-refractivity contribution in [3.05, 3.63) is 0 Å². The Morgan fingerprint density at radius 2 is 2.06 bits per heavy atom. The van der Waals surface area contributed by atoms with Crippen molar-refractivity contribution in [1.29, 1.82) is 0 Å². The summed E-state index contributed by atoms with van der Waals surface area (Å²) < 4.78 is 0. The van der Waals surface area contributed by atoms with Crippen molar-refractivity contribution in [3.63, 3.8) is 0 Å². The topological polar surface area (TPSA) is 58.4 Å². The number of hydrogen-bond donors (Lipinski definition) is 2. The summed E-state index contributed by atoms with van der Waals surface area (Å²) in [7, 11) is 4.21. The third-order valence-electron chi connectivity index (χ3n) is 3.82. The lowest BCUT2D eigenvalue weighted by atomic mass is 9.75. The molecule has 1 rings (SSSR count). The Labute approximate surface area is 123 Å². The van der Waals surface area contributed by atoms with Crippen LogP contribution in [0.2, 0.25) is 0 Å². The van der Waals surface area contributed by atoms with Gasteiger partial charge in [-0.15, -0.1) is 24.8 Å². The first-order valence-corrected chi connectivity index (χ1v) is 6.14. The minimum Gasteiger partial charge on any atom is -0.353 e. The second kappa shape index (κ2) is 8.97. The van der Waals surface area contributed by atoms with Crippen molar-refractivity contribution >= 4 is 30.7 Å². The lowest BCUT2D eigenvalue weighted by Gasteiger charge is -2.45. The van der Waals surface area contributed by atoms with Gasteiger partial charge >= 0.3 is 0 Å². The van der Waals surface area contributed by atoms with E-state index >= 15 is 0 Å². The molecule has 0 radical (unpaired) electrons. The predicted octanol–water partition coefficient (Wildman–Crippen LogP) is 1.42.